The number of benzene rings is 2. The Bertz CT molecular complexity index is 886. The number of nitrogens with zero attached hydrogens (tertiary/aromatic N) is 1. The number of aromatic nitrogens is 1. The molecule has 0 fully saturated rings. The number of aryl methyl sites for hydroxylation is 2. The minimum absolute atomic E-state index is 0.0617. The number of rotatable bonds is 9. The van der Waals surface area contributed by atoms with E-state index in [-0.39, 0.29) is 5.91 Å². The van der Waals surface area contributed by atoms with Crippen LogP contribution >= 0.6 is 0 Å². The Morgan fingerprint density at radius 1 is 1.07 bits per heavy atom. The Balaban J connectivity index is 1.36. The molecule has 0 saturated carbocycles. The van der Waals surface area contributed by atoms with Crippen LogP contribution in [0.4, 0.5) is 0 Å². The largest absolute Gasteiger partial charge is 0.497 e. The number of ether oxygens (including phenoxy) is 2. The van der Waals surface area contributed by atoms with Crippen LogP contribution in [0.1, 0.15) is 17.9 Å². The van der Waals surface area contributed by atoms with E-state index in [2.05, 4.69) is 10.3 Å². The van der Waals surface area contributed by atoms with Crippen LogP contribution in [0.2, 0.25) is 0 Å². The lowest BCUT2D eigenvalue weighted by Gasteiger charge is -2.08. The maximum Gasteiger partial charge on any atom is 0.220 e. The smallest absolute Gasteiger partial charge is 0.220 e. The number of hydrogen-bond acceptors (Lipinski definition) is 5. The molecule has 3 rings (SSSR count). The van der Waals surface area contributed by atoms with Gasteiger partial charge in [0.25, 0.3) is 0 Å². The summed E-state index contributed by atoms with van der Waals surface area (Å²) in [6, 6.07) is 15.4. The van der Waals surface area contributed by atoms with Crippen molar-refractivity contribution in [3.63, 3.8) is 0 Å². The molecular weight excluding hydrogens is 356 g/mol. The molecule has 0 unspecified atom stereocenters. The number of carbonyl (C=O) groups excluding carboxylic acids is 1. The number of amides is 1. The third kappa shape index (κ3) is 5.61. The Morgan fingerprint density at radius 3 is 2.50 bits per heavy atom. The van der Waals surface area contributed by atoms with Gasteiger partial charge in [-0.15, -0.1) is 0 Å². The topological polar surface area (TPSA) is 73.6 Å². The van der Waals surface area contributed by atoms with Crippen LogP contribution in [-0.4, -0.2) is 31.2 Å². The van der Waals surface area contributed by atoms with Crippen LogP contribution in [0.25, 0.3) is 11.3 Å². The fourth-order valence-electron chi connectivity index (χ4n) is 2.62. The van der Waals surface area contributed by atoms with E-state index in [0.717, 1.165) is 17.1 Å². The molecule has 0 bridgehead atoms. The number of hydrogen-bond donors (Lipinski definition) is 1. The van der Waals surface area contributed by atoms with E-state index in [0.29, 0.717) is 37.6 Å². The average Bonchev–Trinajstić information content (AvgIpc) is 3.20. The summed E-state index contributed by atoms with van der Waals surface area (Å²) >= 11 is 0. The van der Waals surface area contributed by atoms with Gasteiger partial charge in [-0.25, -0.2) is 4.98 Å². The van der Waals surface area contributed by atoms with Crippen molar-refractivity contribution in [1.82, 2.24) is 10.3 Å². The Morgan fingerprint density at radius 2 is 1.79 bits per heavy atom. The van der Waals surface area contributed by atoms with Crippen LogP contribution in [0.3, 0.4) is 0 Å². The van der Waals surface area contributed by atoms with Gasteiger partial charge in [-0.1, -0.05) is 29.8 Å². The number of methoxy groups -OCH3 is 1. The molecule has 1 aromatic heterocycles. The monoisotopic (exact) mass is 380 g/mol. The molecule has 0 radical (unpaired) electrons. The highest BCUT2D eigenvalue weighted by Gasteiger charge is 2.09. The van der Waals surface area contributed by atoms with Crippen molar-refractivity contribution in [2.45, 2.75) is 19.8 Å². The third-order valence-corrected chi connectivity index (χ3v) is 4.21. The molecule has 6 nitrogen and oxygen atoms in total. The minimum atomic E-state index is -0.0617. The van der Waals surface area contributed by atoms with Crippen molar-refractivity contribution in [1.29, 1.82) is 0 Å². The van der Waals surface area contributed by atoms with Gasteiger partial charge in [-0.05, 0) is 31.2 Å². The van der Waals surface area contributed by atoms with Crippen LogP contribution < -0.4 is 14.8 Å². The van der Waals surface area contributed by atoms with Gasteiger partial charge >= 0.3 is 0 Å². The highest BCUT2D eigenvalue weighted by Crippen LogP contribution is 2.21. The first-order chi connectivity index (χ1) is 13.6. The molecule has 0 aliphatic heterocycles. The lowest BCUT2D eigenvalue weighted by atomic mass is 10.1. The van der Waals surface area contributed by atoms with E-state index in [4.69, 9.17) is 13.9 Å². The van der Waals surface area contributed by atoms with Gasteiger partial charge in [-0.3, -0.25) is 4.79 Å². The molecule has 2 aromatic carbocycles. The van der Waals surface area contributed by atoms with Crippen LogP contribution in [0, 0.1) is 6.92 Å². The Kier molecular flexibility index (Phi) is 6.68. The first-order valence-corrected chi connectivity index (χ1v) is 9.19. The third-order valence-electron chi connectivity index (χ3n) is 4.21. The normalized spacial score (nSPS) is 10.5. The van der Waals surface area contributed by atoms with E-state index in [9.17, 15) is 4.79 Å². The molecule has 0 aliphatic carbocycles. The van der Waals surface area contributed by atoms with Crippen molar-refractivity contribution >= 4 is 5.91 Å². The summed E-state index contributed by atoms with van der Waals surface area (Å²) in [6.07, 6.45) is 2.47. The van der Waals surface area contributed by atoms with E-state index in [1.54, 1.807) is 13.3 Å². The van der Waals surface area contributed by atoms with Crippen LogP contribution in [0.5, 0.6) is 11.5 Å². The summed E-state index contributed by atoms with van der Waals surface area (Å²) in [6.45, 7) is 2.87. The summed E-state index contributed by atoms with van der Waals surface area (Å²) < 4.78 is 16.4. The Labute approximate surface area is 164 Å². The molecule has 0 atom stereocenters. The van der Waals surface area contributed by atoms with Crippen molar-refractivity contribution in [3.05, 3.63) is 66.2 Å². The molecule has 6 heteroatoms. The zero-order valence-electron chi connectivity index (χ0n) is 16.1. The maximum absolute atomic E-state index is 12.0. The molecule has 1 amide bonds. The quantitative estimate of drug-likeness (QED) is 0.572. The van der Waals surface area contributed by atoms with Gasteiger partial charge < -0.3 is 19.2 Å². The van der Waals surface area contributed by atoms with Crippen LogP contribution in [0.15, 0.2) is 59.1 Å². The lowest BCUT2D eigenvalue weighted by molar-refractivity contribution is -0.121. The molecule has 146 valence electrons. The summed E-state index contributed by atoms with van der Waals surface area (Å²) in [4.78, 5) is 16.2. The fraction of sp³-hybridized carbons (Fsp3) is 0.273. The van der Waals surface area contributed by atoms with Gasteiger partial charge in [0.15, 0.2) is 11.7 Å². The zero-order valence-corrected chi connectivity index (χ0v) is 16.1. The zero-order chi connectivity index (χ0) is 19.8. The van der Waals surface area contributed by atoms with Crippen LogP contribution in [-0.2, 0) is 11.2 Å². The average molecular weight is 380 g/mol. The second-order valence-electron chi connectivity index (χ2n) is 6.36. The summed E-state index contributed by atoms with van der Waals surface area (Å²) in [5.41, 5.74) is 2.17. The molecule has 0 saturated heterocycles. The summed E-state index contributed by atoms with van der Waals surface area (Å²) in [5.74, 6) is 2.72. The molecule has 1 heterocycles. The first kappa shape index (κ1) is 19.5. The second kappa shape index (κ2) is 9.60. The molecule has 28 heavy (non-hydrogen) atoms. The molecular formula is C22H24N2O4. The first-order valence-electron chi connectivity index (χ1n) is 9.19. The van der Waals surface area contributed by atoms with Gasteiger partial charge in [0.1, 0.15) is 18.1 Å². The van der Waals surface area contributed by atoms with E-state index in [1.807, 2.05) is 55.5 Å². The Hall–Kier alpha value is -3.28. The van der Waals surface area contributed by atoms with E-state index in [1.165, 1.54) is 5.56 Å². The molecule has 1 N–H and O–H groups in total. The van der Waals surface area contributed by atoms with E-state index >= 15 is 0 Å². The van der Waals surface area contributed by atoms with Gasteiger partial charge in [0, 0.05) is 18.4 Å². The highest BCUT2D eigenvalue weighted by molar-refractivity contribution is 5.76. The van der Waals surface area contributed by atoms with Crippen molar-refractivity contribution in [2.75, 3.05) is 20.3 Å². The molecule has 3 aromatic rings. The van der Waals surface area contributed by atoms with Gasteiger partial charge in [0.2, 0.25) is 5.91 Å². The standard InChI is InChI=1S/C22H24N2O4/c1-16-3-5-17(6-4-16)20-15-24-22(28-20)12-11-21(25)23-13-14-27-19-9-7-18(26-2)8-10-19/h3-10,15H,11-14H2,1-2H3,(H,23,25). The lowest BCUT2D eigenvalue weighted by Crippen LogP contribution is -2.28. The van der Waals surface area contributed by atoms with Gasteiger partial charge in [0.05, 0.1) is 19.9 Å². The van der Waals surface area contributed by atoms with Gasteiger partial charge in [-0.2, -0.15) is 0 Å². The van der Waals surface area contributed by atoms with Crippen molar-refractivity contribution in [2.24, 2.45) is 0 Å². The van der Waals surface area contributed by atoms with Crippen molar-refractivity contribution < 1.29 is 18.7 Å². The SMILES string of the molecule is COc1ccc(OCCNC(=O)CCc2ncc(-c3ccc(C)cc3)o2)cc1. The summed E-state index contributed by atoms with van der Waals surface area (Å²) in [5, 5.41) is 2.83. The minimum Gasteiger partial charge on any atom is -0.497 e. The maximum atomic E-state index is 12.0. The molecule has 0 spiro atoms. The fourth-order valence-corrected chi connectivity index (χ4v) is 2.62. The predicted molar refractivity (Wildman–Crippen MR) is 106 cm³/mol. The number of carbonyl (C=O) groups is 1. The second-order valence-corrected chi connectivity index (χ2v) is 6.36. The number of nitrogens with one attached hydrogen (secondary N) is 1. The molecule has 0 aliphatic rings. The highest BCUT2D eigenvalue weighted by atomic mass is 16.5. The van der Waals surface area contributed by atoms with E-state index < -0.39 is 0 Å². The van der Waals surface area contributed by atoms with Crippen molar-refractivity contribution in [3.8, 4) is 22.8 Å². The number of oxazole rings is 1. The summed E-state index contributed by atoms with van der Waals surface area (Å²) in [7, 11) is 1.62. The predicted octanol–water partition coefficient (Wildman–Crippen LogP) is 3.79.